The molecular formula is C26H37N9O5. The van der Waals surface area contributed by atoms with Crippen LogP contribution >= 0.6 is 0 Å². The molecule has 14 nitrogen and oxygen atoms in total. The number of nitrogens with one attached hydrogen (secondary N) is 4. The van der Waals surface area contributed by atoms with Crippen LogP contribution in [0.1, 0.15) is 25.1 Å². The minimum atomic E-state index is -0.472. The Labute approximate surface area is 233 Å². The molecule has 0 unspecified atom stereocenters. The van der Waals surface area contributed by atoms with Gasteiger partial charge in [-0.15, -0.1) is 0 Å². The first-order valence-corrected chi connectivity index (χ1v) is 12.9. The Morgan fingerprint density at radius 3 is 2.00 bits per heavy atom. The quantitative estimate of drug-likeness (QED) is 0.303. The predicted molar refractivity (Wildman–Crippen MR) is 145 cm³/mol. The van der Waals surface area contributed by atoms with Crippen LogP contribution in [-0.2, 0) is 32.3 Å². The highest BCUT2D eigenvalue weighted by Crippen LogP contribution is 2.12. The number of nitrogens with zero attached hydrogens (tertiary/aromatic N) is 5. The normalized spacial score (nSPS) is 18.2. The van der Waals surface area contributed by atoms with Gasteiger partial charge in [0, 0.05) is 26.3 Å². The van der Waals surface area contributed by atoms with Crippen LogP contribution in [0, 0.1) is 5.92 Å². The summed E-state index contributed by atoms with van der Waals surface area (Å²) in [6, 6.07) is 11.8. The highest BCUT2D eigenvalue weighted by atomic mass is 16.3. The first-order valence-electron chi connectivity index (χ1n) is 12.9. The summed E-state index contributed by atoms with van der Waals surface area (Å²) in [6.07, 6.45) is 1.62. The number of carbonyl (C=O) groups excluding carboxylic acids is 4. The van der Waals surface area contributed by atoms with E-state index in [2.05, 4.69) is 26.7 Å². The number of phenolic OH excluding ortho intramolecular Hbond substituents is 1. The molecule has 3 rings (SSSR count). The molecule has 1 aliphatic rings. The zero-order chi connectivity index (χ0) is 29.1. The topological polar surface area (TPSA) is 162 Å². The first-order chi connectivity index (χ1) is 19.0. The number of hydrazine groups is 4. The number of likely N-dealkylation sites (N-methyl/N-ethyl adjacent to an activating group) is 1. The molecule has 14 heteroatoms. The molecule has 5 N–H and O–H groups in total. The lowest BCUT2D eigenvalue weighted by Crippen LogP contribution is -2.57. The van der Waals surface area contributed by atoms with E-state index in [1.165, 1.54) is 39.2 Å². The standard InChI is InChI=1S/C26H37N9O5/c1-19(2)12-33-17-25(39)31-34(13-20-7-6-9-22(36)11-20)16-24(38)28-32(3)15-23(37)29-35(18-26(40)30-33)14-21-8-4-5-10-27-21/h4-11,19,36H,12-18H2,1-3H3,(H,28,38)(H,29,37)(H,30,40)(H,31,39). The van der Waals surface area contributed by atoms with Crippen molar-refractivity contribution in [2.45, 2.75) is 26.9 Å². The molecule has 4 amide bonds. The maximum atomic E-state index is 13.0. The van der Waals surface area contributed by atoms with Gasteiger partial charge in [0.1, 0.15) is 5.75 Å². The van der Waals surface area contributed by atoms with Crippen molar-refractivity contribution in [3.63, 3.8) is 0 Å². The fraction of sp³-hybridized carbons (Fsp3) is 0.423. The van der Waals surface area contributed by atoms with E-state index in [-0.39, 0.29) is 50.9 Å². The number of phenols is 1. The lowest BCUT2D eigenvalue weighted by atomic mass is 10.2. The monoisotopic (exact) mass is 555 g/mol. The molecule has 2 heterocycles. The number of pyridine rings is 1. The van der Waals surface area contributed by atoms with Gasteiger partial charge in [-0.05, 0) is 35.7 Å². The summed E-state index contributed by atoms with van der Waals surface area (Å²) in [4.78, 5) is 55.9. The smallest absolute Gasteiger partial charge is 0.250 e. The number of hydrogen-bond acceptors (Lipinski definition) is 10. The van der Waals surface area contributed by atoms with Crippen LogP contribution in [0.3, 0.4) is 0 Å². The van der Waals surface area contributed by atoms with E-state index in [4.69, 9.17) is 0 Å². The van der Waals surface area contributed by atoms with Crippen LogP contribution in [-0.4, -0.2) is 93.5 Å². The number of rotatable bonds is 6. The van der Waals surface area contributed by atoms with Crippen molar-refractivity contribution >= 4 is 23.6 Å². The molecule has 0 radical (unpaired) electrons. The van der Waals surface area contributed by atoms with Gasteiger partial charge in [-0.25, -0.2) is 20.0 Å². The Balaban J connectivity index is 1.81. The second kappa shape index (κ2) is 14.9. The molecule has 0 aliphatic carbocycles. The maximum absolute atomic E-state index is 13.0. The molecule has 1 aromatic heterocycles. The highest BCUT2D eigenvalue weighted by molar-refractivity contribution is 5.83. The van der Waals surface area contributed by atoms with Gasteiger partial charge in [0.05, 0.1) is 38.4 Å². The molecular weight excluding hydrogens is 518 g/mol. The van der Waals surface area contributed by atoms with E-state index in [9.17, 15) is 24.3 Å². The van der Waals surface area contributed by atoms with Gasteiger partial charge in [0.25, 0.3) is 0 Å². The molecule has 1 aromatic carbocycles. The van der Waals surface area contributed by atoms with Crippen LogP contribution in [0.25, 0.3) is 0 Å². The number of hydrogen-bond donors (Lipinski definition) is 5. The predicted octanol–water partition coefficient (Wildman–Crippen LogP) is -0.880. The van der Waals surface area contributed by atoms with Crippen LogP contribution in [0.4, 0.5) is 0 Å². The number of aromatic nitrogens is 1. The number of benzene rings is 1. The van der Waals surface area contributed by atoms with Gasteiger partial charge in [-0.3, -0.25) is 45.9 Å². The largest absolute Gasteiger partial charge is 0.508 e. The zero-order valence-electron chi connectivity index (χ0n) is 23.0. The van der Waals surface area contributed by atoms with Crippen molar-refractivity contribution in [2.75, 3.05) is 39.8 Å². The average Bonchev–Trinajstić information content (AvgIpc) is 2.83. The molecule has 1 saturated heterocycles. The molecule has 1 aliphatic heterocycles. The Hall–Kier alpha value is -4.11. The third kappa shape index (κ3) is 10.9. The van der Waals surface area contributed by atoms with Gasteiger partial charge in [-0.1, -0.05) is 32.0 Å². The van der Waals surface area contributed by atoms with Gasteiger partial charge in [-0.2, -0.15) is 0 Å². The van der Waals surface area contributed by atoms with Crippen molar-refractivity contribution in [3.8, 4) is 5.75 Å². The van der Waals surface area contributed by atoms with E-state index in [1.54, 1.807) is 36.5 Å². The van der Waals surface area contributed by atoms with E-state index in [0.717, 1.165) is 0 Å². The van der Waals surface area contributed by atoms with Crippen molar-refractivity contribution in [1.29, 1.82) is 0 Å². The summed E-state index contributed by atoms with van der Waals surface area (Å²) in [5.41, 5.74) is 12.1. The van der Waals surface area contributed by atoms with Gasteiger partial charge in [0.2, 0.25) is 23.6 Å². The second-order valence-electron chi connectivity index (χ2n) is 9.97. The van der Waals surface area contributed by atoms with Crippen LogP contribution < -0.4 is 21.7 Å². The molecule has 0 saturated carbocycles. The van der Waals surface area contributed by atoms with E-state index in [0.29, 0.717) is 17.8 Å². The molecule has 0 bridgehead atoms. The summed E-state index contributed by atoms with van der Waals surface area (Å²) in [5, 5.41) is 15.5. The Bertz CT molecular complexity index is 1160. The molecule has 0 spiro atoms. The molecule has 40 heavy (non-hydrogen) atoms. The number of carbonyl (C=O) groups is 4. The fourth-order valence-electron chi connectivity index (χ4n) is 4.08. The highest BCUT2D eigenvalue weighted by Gasteiger charge is 2.23. The zero-order valence-corrected chi connectivity index (χ0v) is 23.0. The van der Waals surface area contributed by atoms with Gasteiger partial charge in [0.15, 0.2) is 0 Å². The maximum Gasteiger partial charge on any atom is 0.250 e. The minimum absolute atomic E-state index is 0.0522. The lowest BCUT2D eigenvalue weighted by molar-refractivity contribution is -0.136. The third-order valence-electron chi connectivity index (χ3n) is 5.50. The number of amides is 4. The SMILES string of the molecule is CC(C)CN1CC(=O)NN(Cc2cccc(O)c2)CC(=O)NN(C)CC(=O)NN(Cc2ccccn2)CC(=O)N1. The summed E-state index contributed by atoms with van der Waals surface area (Å²) in [5.74, 6) is -1.64. The van der Waals surface area contributed by atoms with Crippen molar-refractivity contribution in [2.24, 2.45) is 5.92 Å². The lowest BCUT2D eigenvalue weighted by Gasteiger charge is -2.30. The summed E-state index contributed by atoms with van der Waals surface area (Å²) >= 11 is 0. The Morgan fingerprint density at radius 1 is 0.775 bits per heavy atom. The van der Waals surface area contributed by atoms with Crippen molar-refractivity contribution < 1.29 is 24.3 Å². The third-order valence-corrected chi connectivity index (χ3v) is 5.50. The summed E-state index contributed by atoms with van der Waals surface area (Å²) in [7, 11) is 1.53. The summed E-state index contributed by atoms with van der Waals surface area (Å²) < 4.78 is 0. The van der Waals surface area contributed by atoms with Crippen LogP contribution in [0.15, 0.2) is 48.7 Å². The van der Waals surface area contributed by atoms with E-state index in [1.807, 2.05) is 13.8 Å². The average molecular weight is 556 g/mol. The summed E-state index contributed by atoms with van der Waals surface area (Å²) in [6.45, 7) is 3.72. The molecule has 0 atom stereocenters. The van der Waals surface area contributed by atoms with Crippen LogP contribution in [0.5, 0.6) is 5.75 Å². The second-order valence-corrected chi connectivity index (χ2v) is 9.97. The fourth-order valence-corrected chi connectivity index (χ4v) is 4.08. The van der Waals surface area contributed by atoms with Crippen molar-refractivity contribution in [1.82, 2.24) is 46.7 Å². The first kappa shape index (κ1) is 30.4. The van der Waals surface area contributed by atoms with E-state index < -0.39 is 23.6 Å². The Kier molecular flexibility index (Phi) is 11.3. The number of aromatic hydroxyl groups is 1. The minimum Gasteiger partial charge on any atom is -0.508 e. The van der Waals surface area contributed by atoms with Gasteiger partial charge < -0.3 is 5.11 Å². The van der Waals surface area contributed by atoms with Crippen molar-refractivity contribution in [3.05, 3.63) is 59.9 Å². The molecule has 2 aromatic rings. The molecule has 1 fully saturated rings. The molecule has 216 valence electrons. The Morgan fingerprint density at radius 2 is 1.38 bits per heavy atom. The van der Waals surface area contributed by atoms with Gasteiger partial charge >= 0.3 is 0 Å². The van der Waals surface area contributed by atoms with Crippen LogP contribution in [0.2, 0.25) is 0 Å². The van der Waals surface area contributed by atoms with E-state index >= 15 is 0 Å².